The molecule has 3 amide bonds. The molecule has 1 heterocycles. The standard InChI is InChI=1S/C25H15Cl7N2O5/c1-39-14-8-4-11(5-9-14)15(35)10-33(20(36)12-2-6-13(26)7-3-12)34-21(37)16-17(22(34)38)24(30)19(28)18(27)23(16,29)25(24,31)32/h2-9,16-17H,10H2,1H3/t16-,17+,23-,24-/m1/s1. The number of alkyl halides is 4. The Morgan fingerprint density at radius 1 is 0.821 bits per heavy atom. The summed E-state index contributed by atoms with van der Waals surface area (Å²) in [7, 11) is 1.47. The topological polar surface area (TPSA) is 84.0 Å². The summed E-state index contributed by atoms with van der Waals surface area (Å²) in [6.07, 6.45) is 0. The number of imide groups is 1. The van der Waals surface area contributed by atoms with E-state index in [0.29, 0.717) is 15.8 Å². The number of allylic oxidation sites excluding steroid dienone is 2. The minimum Gasteiger partial charge on any atom is -0.497 e. The highest BCUT2D eigenvalue weighted by Gasteiger charge is 2.88. The SMILES string of the molecule is COc1ccc(C(=O)CN(C(=O)c2ccc(Cl)cc2)N2C(=O)[C@@H]3[C@H](C2=O)[C@@]2(Cl)C(Cl)=C(Cl)[C@@]3(Cl)C2(Cl)Cl)cc1. The molecule has 2 fully saturated rings. The Bertz CT molecular complexity index is 1420. The molecule has 14 heteroatoms. The molecule has 3 aliphatic rings. The molecular formula is C25H15Cl7N2O5. The third-order valence-corrected chi connectivity index (χ3v) is 11.7. The first-order valence-electron chi connectivity index (χ1n) is 11.2. The van der Waals surface area contributed by atoms with Gasteiger partial charge in [-0.05, 0) is 48.5 Å². The van der Waals surface area contributed by atoms with E-state index >= 15 is 0 Å². The van der Waals surface area contributed by atoms with Gasteiger partial charge in [0.05, 0.1) is 29.0 Å². The fourth-order valence-electron chi connectivity index (χ4n) is 5.20. The lowest BCUT2D eigenvalue weighted by Gasteiger charge is -2.36. The Kier molecular flexibility index (Phi) is 7.16. The number of ether oxygens (including phenoxy) is 1. The highest BCUT2D eigenvalue weighted by molar-refractivity contribution is 6.66. The number of rotatable bonds is 6. The smallest absolute Gasteiger partial charge is 0.273 e. The molecule has 0 unspecified atom stereocenters. The lowest BCUT2D eigenvalue weighted by atomic mass is 9.84. The number of ketones is 1. The molecule has 4 atom stereocenters. The van der Waals surface area contributed by atoms with E-state index in [0.717, 1.165) is 5.01 Å². The van der Waals surface area contributed by atoms with Crippen molar-refractivity contribution in [2.45, 2.75) is 14.1 Å². The van der Waals surface area contributed by atoms with Crippen molar-refractivity contribution >= 4 is 105 Å². The Morgan fingerprint density at radius 2 is 1.28 bits per heavy atom. The Balaban J connectivity index is 1.58. The molecule has 0 radical (unpaired) electrons. The summed E-state index contributed by atoms with van der Waals surface area (Å²) in [6, 6.07) is 11.7. The van der Waals surface area contributed by atoms with E-state index in [4.69, 9.17) is 85.9 Å². The molecule has 39 heavy (non-hydrogen) atoms. The maximum Gasteiger partial charge on any atom is 0.273 e. The molecule has 2 aromatic carbocycles. The summed E-state index contributed by atoms with van der Waals surface area (Å²) in [5.74, 6) is -5.83. The molecule has 0 spiro atoms. The molecule has 1 saturated heterocycles. The molecule has 1 saturated carbocycles. The van der Waals surface area contributed by atoms with E-state index < -0.39 is 56.0 Å². The normalized spacial score (nSPS) is 28.7. The van der Waals surface area contributed by atoms with Gasteiger partial charge in [-0.2, -0.15) is 5.01 Å². The Labute approximate surface area is 257 Å². The highest BCUT2D eigenvalue weighted by Crippen LogP contribution is 2.77. The van der Waals surface area contributed by atoms with Crippen LogP contribution in [0, 0.1) is 11.8 Å². The van der Waals surface area contributed by atoms with E-state index in [9.17, 15) is 19.2 Å². The van der Waals surface area contributed by atoms with E-state index in [1.807, 2.05) is 0 Å². The number of amides is 3. The predicted molar refractivity (Wildman–Crippen MR) is 149 cm³/mol. The van der Waals surface area contributed by atoms with Crippen LogP contribution in [0.25, 0.3) is 0 Å². The van der Waals surface area contributed by atoms with Crippen LogP contribution in [0.4, 0.5) is 0 Å². The number of fused-ring (bicyclic) bond motifs is 5. The van der Waals surface area contributed by atoms with E-state index in [1.54, 1.807) is 12.1 Å². The fourth-order valence-corrected chi connectivity index (χ4v) is 8.25. The number of hydrogen-bond donors (Lipinski definition) is 0. The van der Waals surface area contributed by atoms with Gasteiger partial charge in [0.2, 0.25) is 0 Å². The lowest BCUT2D eigenvalue weighted by molar-refractivity contribution is -0.154. The van der Waals surface area contributed by atoms with Crippen LogP contribution in [0.1, 0.15) is 20.7 Å². The molecule has 0 N–H and O–H groups in total. The van der Waals surface area contributed by atoms with E-state index in [1.165, 1.54) is 43.5 Å². The number of benzene rings is 2. The van der Waals surface area contributed by atoms with Crippen LogP contribution in [0.3, 0.4) is 0 Å². The van der Waals surface area contributed by atoms with Gasteiger partial charge in [0.25, 0.3) is 17.7 Å². The summed E-state index contributed by atoms with van der Waals surface area (Å²) >= 11 is 45.3. The van der Waals surface area contributed by atoms with Crippen LogP contribution in [-0.2, 0) is 9.59 Å². The molecule has 0 aromatic heterocycles. The van der Waals surface area contributed by atoms with Crippen LogP contribution >= 0.6 is 81.2 Å². The first-order valence-corrected chi connectivity index (χ1v) is 13.8. The second-order valence-corrected chi connectivity index (χ2v) is 12.8. The number of methoxy groups -OCH3 is 1. The molecule has 204 valence electrons. The number of hydrogen-bond acceptors (Lipinski definition) is 5. The van der Waals surface area contributed by atoms with Crippen LogP contribution in [0.15, 0.2) is 58.6 Å². The third-order valence-electron chi connectivity index (χ3n) is 7.16. The minimum absolute atomic E-state index is 0.0435. The first kappa shape index (κ1) is 28.8. The van der Waals surface area contributed by atoms with Crippen molar-refractivity contribution < 1.29 is 23.9 Å². The molecule has 7 nitrogen and oxygen atoms in total. The Morgan fingerprint density at radius 3 is 1.74 bits per heavy atom. The number of Topliss-reactive ketones (excluding diaryl/α,β-unsaturated/α-hetero) is 1. The highest BCUT2D eigenvalue weighted by atomic mass is 35.5. The van der Waals surface area contributed by atoms with Crippen LogP contribution in [0.5, 0.6) is 5.75 Å². The fraction of sp³-hybridized carbons (Fsp3) is 0.280. The maximum atomic E-state index is 13.9. The average Bonchev–Trinajstić information content (AvgIpc) is 3.30. The van der Waals surface area contributed by atoms with Gasteiger partial charge in [0.15, 0.2) is 10.1 Å². The number of carbonyl (C=O) groups is 4. The average molecular weight is 672 g/mol. The summed E-state index contributed by atoms with van der Waals surface area (Å²) in [6.45, 7) is -0.697. The van der Waals surface area contributed by atoms with Crippen molar-refractivity contribution in [3.8, 4) is 5.75 Å². The van der Waals surface area contributed by atoms with Gasteiger partial charge >= 0.3 is 0 Å². The van der Waals surface area contributed by atoms with Gasteiger partial charge in [-0.25, -0.2) is 5.01 Å². The summed E-state index contributed by atoms with van der Waals surface area (Å²) in [4.78, 5) is 50.6. The predicted octanol–water partition coefficient (Wildman–Crippen LogP) is 6.04. The summed E-state index contributed by atoms with van der Waals surface area (Å²) < 4.78 is 2.97. The lowest BCUT2D eigenvalue weighted by Crippen LogP contribution is -2.56. The number of halogens is 7. The zero-order valence-electron chi connectivity index (χ0n) is 19.6. The molecule has 5 rings (SSSR count). The zero-order chi connectivity index (χ0) is 28.7. The van der Waals surface area contributed by atoms with Gasteiger partial charge in [-0.3, -0.25) is 19.2 Å². The molecule has 2 bridgehead atoms. The van der Waals surface area contributed by atoms with Crippen LogP contribution in [0.2, 0.25) is 5.02 Å². The van der Waals surface area contributed by atoms with Gasteiger partial charge in [-0.1, -0.05) is 58.0 Å². The summed E-state index contributed by atoms with van der Waals surface area (Å²) in [5.41, 5.74) is 0.238. The monoisotopic (exact) mass is 668 g/mol. The maximum absolute atomic E-state index is 13.9. The second-order valence-electron chi connectivity index (χ2n) is 9.09. The van der Waals surface area contributed by atoms with Crippen molar-refractivity contribution in [1.29, 1.82) is 0 Å². The number of nitrogens with zero attached hydrogens (tertiary/aromatic N) is 2. The molecule has 2 aromatic rings. The first-order chi connectivity index (χ1) is 18.2. The molecular weight excluding hydrogens is 656 g/mol. The van der Waals surface area contributed by atoms with E-state index in [2.05, 4.69) is 0 Å². The largest absolute Gasteiger partial charge is 0.497 e. The van der Waals surface area contributed by atoms with Gasteiger partial charge in [0, 0.05) is 16.1 Å². The van der Waals surface area contributed by atoms with E-state index in [-0.39, 0.29) is 21.2 Å². The quantitative estimate of drug-likeness (QED) is 0.213. The van der Waals surface area contributed by atoms with Crippen molar-refractivity contribution in [3.63, 3.8) is 0 Å². The molecule has 2 aliphatic carbocycles. The van der Waals surface area contributed by atoms with Crippen molar-refractivity contribution in [2.24, 2.45) is 11.8 Å². The summed E-state index contributed by atoms with van der Waals surface area (Å²) in [5, 5.41) is 1.06. The van der Waals surface area contributed by atoms with Crippen molar-refractivity contribution in [3.05, 3.63) is 74.7 Å². The zero-order valence-corrected chi connectivity index (χ0v) is 24.9. The number of hydrazine groups is 1. The molecule has 1 aliphatic heterocycles. The van der Waals surface area contributed by atoms with Gasteiger partial charge in [0.1, 0.15) is 22.0 Å². The third kappa shape index (κ3) is 3.78. The minimum atomic E-state index is -2.14. The van der Waals surface area contributed by atoms with Crippen LogP contribution < -0.4 is 4.74 Å². The van der Waals surface area contributed by atoms with Crippen molar-refractivity contribution in [2.75, 3.05) is 13.7 Å². The van der Waals surface area contributed by atoms with Crippen molar-refractivity contribution in [1.82, 2.24) is 10.0 Å². The number of carbonyl (C=O) groups excluding carboxylic acids is 4. The van der Waals surface area contributed by atoms with Crippen LogP contribution in [-0.4, -0.2) is 61.3 Å². The Hall–Kier alpha value is -1.71. The van der Waals surface area contributed by atoms with Gasteiger partial charge < -0.3 is 4.74 Å². The second kappa shape index (κ2) is 9.69. The van der Waals surface area contributed by atoms with Gasteiger partial charge in [-0.15, -0.1) is 23.2 Å².